The van der Waals surface area contributed by atoms with Gasteiger partial charge in [-0.15, -0.1) is 0 Å². The molecule has 0 aliphatic carbocycles. The Kier molecular flexibility index (Phi) is 20.1. The van der Waals surface area contributed by atoms with Gasteiger partial charge in [-0.1, -0.05) is 60.7 Å². The first-order valence-corrected chi connectivity index (χ1v) is 24.6. The molecule has 23 nitrogen and oxygen atoms in total. The van der Waals surface area contributed by atoms with Crippen molar-refractivity contribution >= 4 is 54.4 Å². The third-order valence-corrected chi connectivity index (χ3v) is 11.2. The quantitative estimate of drug-likeness (QED) is 0.0500. The van der Waals surface area contributed by atoms with Crippen molar-refractivity contribution in [1.29, 1.82) is 0 Å². The van der Waals surface area contributed by atoms with Crippen LogP contribution in [0.1, 0.15) is 0 Å². The van der Waals surface area contributed by atoms with Crippen LogP contribution in [0.5, 0.6) is 5.75 Å². The van der Waals surface area contributed by atoms with Gasteiger partial charge in [-0.3, -0.25) is 19.9 Å². The van der Waals surface area contributed by atoms with Crippen LogP contribution < -0.4 is 32.7 Å². The van der Waals surface area contributed by atoms with Crippen molar-refractivity contribution in [1.82, 2.24) is 34.9 Å². The summed E-state index contributed by atoms with van der Waals surface area (Å²) in [5.74, 6) is 1.38. The zero-order chi connectivity index (χ0) is 52.6. The Labute approximate surface area is 446 Å². The van der Waals surface area contributed by atoms with E-state index in [4.69, 9.17) is 56.5 Å². The Morgan fingerprint density at radius 3 is 1.55 bits per heavy atom. The van der Waals surface area contributed by atoms with Crippen LogP contribution in [0.3, 0.4) is 0 Å². The summed E-state index contributed by atoms with van der Waals surface area (Å²) in [6.45, 7) is -0.407. The van der Waals surface area contributed by atoms with Gasteiger partial charge >= 0.3 is 18.6 Å². The number of H-pyrrole nitrogens is 1. The van der Waals surface area contributed by atoms with E-state index in [-0.39, 0.29) is 37.2 Å². The number of hydrogen-bond acceptors (Lipinski definition) is 21. The first-order valence-electron chi connectivity index (χ1n) is 22.0. The van der Waals surface area contributed by atoms with Crippen LogP contribution in [0.15, 0.2) is 152 Å². The zero-order valence-electron chi connectivity index (χ0n) is 39.1. The van der Waals surface area contributed by atoms with E-state index in [1.165, 1.54) is 21.5 Å². The van der Waals surface area contributed by atoms with Crippen LogP contribution >= 0.6 is 0 Å². The minimum absolute atomic E-state index is 0. The molecular weight excluding hydrogens is 1080 g/mol. The standard InChI is InChI=1S/C27H16N4.C23H25N3O7.2ClHO4.O.V/c1-3-9-18-16(7-1)15-17-8-2-4-10-19(17)22(18)27-30-25-20-11-5-13-28-23(20)24-21(26(25)31-27)12-6-14-29-24;27-13-19-20(28)21(29)22(30)23(33-19)32-10-9-31-14-11-17(15-5-1-3-7-24-15)26-18(12-14)16-6-2-4-8-25-16;2*2-1(3,4)5;;/h1-15H,(H,30,31);1-8,11-12,19-23,27-30H,9-10,13H2;2*(H,2,3,4,5);;/q;;;;-2;+4/t;19-,20-,21+,22-,23-;;;;/m.0..../s1. The molecule has 4 aromatic carbocycles. The molecule has 11 rings (SSSR count). The van der Waals surface area contributed by atoms with Gasteiger partial charge in [0.1, 0.15) is 42.6 Å². The van der Waals surface area contributed by atoms with E-state index in [2.05, 4.69) is 96.6 Å². The summed E-state index contributed by atoms with van der Waals surface area (Å²) in [4.78, 5) is 31.4. The van der Waals surface area contributed by atoms with Gasteiger partial charge in [-0.2, -0.15) is 28.0 Å². The molecule has 391 valence electrons. The average Bonchev–Trinajstić information content (AvgIpc) is 3.85. The fraction of sp³-hybridized carbons (Fsp3) is 0.160. The second-order valence-electron chi connectivity index (χ2n) is 16.0. The number of nitrogens with one attached hydrogen (secondary N) is 1. The fourth-order valence-corrected chi connectivity index (χ4v) is 8.14. The molecule has 76 heavy (non-hydrogen) atoms. The number of rotatable bonds is 9. The van der Waals surface area contributed by atoms with Gasteiger partial charge in [0.25, 0.3) is 0 Å². The maximum atomic E-state index is 10.1. The molecule has 6 aromatic heterocycles. The van der Waals surface area contributed by atoms with Crippen LogP contribution in [0.25, 0.3) is 88.5 Å². The van der Waals surface area contributed by atoms with Gasteiger partial charge in [0.2, 0.25) is 0 Å². The number of hydrogen-bond donors (Lipinski definition) is 7. The third kappa shape index (κ3) is 14.7. The minimum atomic E-state index is -4.69. The van der Waals surface area contributed by atoms with Crippen LogP contribution in [-0.4, -0.2) is 115 Å². The molecule has 0 spiro atoms. The number of ether oxygens (including phenoxy) is 3. The number of nitrogens with zero attached hydrogens (tertiary/aromatic N) is 6. The molecule has 1 aliphatic rings. The van der Waals surface area contributed by atoms with Crippen LogP contribution in [0.2, 0.25) is 0 Å². The molecule has 1 saturated heterocycles. The predicted octanol–water partition coefficient (Wildman–Crippen LogP) is -1.34. The second kappa shape index (κ2) is 26.0. The molecule has 1 radical (unpaired) electrons. The molecule has 0 amide bonds. The normalized spacial score (nSPS) is 17.3. The largest absolute Gasteiger partial charge is 4.00 e. The SMILES string of the molecule is OC[C@@H]1O[C@H](OCCOc2cc(-c3ccccn3)nc(-c3ccccn3)c2)[C@@H](O)[C@H](O)[C@H]1O.[O-2].[O-][Cl+3]([O-])([O-])O.[O-][Cl+3]([O-])([O-])O.[V+4].c1ccc2c(-c3nc4c5cccnc5c5ncccc5c4[nH]3)c3ccccc3cc2c1. The van der Waals surface area contributed by atoms with Crippen molar-refractivity contribution < 1.29 is 116 Å². The van der Waals surface area contributed by atoms with E-state index in [1.54, 1.807) is 24.5 Å². The molecule has 0 bridgehead atoms. The van der Waals surface area contributed by atoms with Crippen LogP contribution in [-0.2, 0) is 33.5 Å². The molecular formula is C50H43Cl2N7O16V+2. The topological polar surface area (TPSA) is 409 Å². The molecule has 1 aliphatic heterocycles. The summed E-state index contributed by atoms with van der Waals surface area (Å²) in [6, 6.07) is 41.9. The van der Waals surface area contributed by atoms with E-state index in [0.717, 1.165) is 44.2 Å². The Bertz CT molecular complexity index is 3280. The van der Waals surface area contributed by atoms with Gasteiger partial charge in [0.15, 0.2) is 6.29 Å². The molecule has 10 aromatic rings. The number of benzene rings is 4. The molecule has 26 heteroatoms. The number of aromatic amines is 1. The number of halogens is 2. The second-order valence-corrected chi connectivity index (χ2v) is 17.6. The zero-order valence-corrected chi connectivity index (χ0v) is 42.0. The number of pyridine rings is 5. The number of aromatic nitrogens is 7. The number of aliphatic hydroxyl groups is 4. The van der Waals surface area contributed by atoms with Gasteiger partial charge in [0, 0.05) is 53.3 Å². The Morgan fingerprint density at radius 1 is 0.539 bits per heavy atom. The molecule has 7 N–H and O–H groups in total. The van der Waals surface area contributed by atoms with E-state index < -0.39 is 57.8 Å². The van der Waals surface area contributed by atoms with Crippen LogP contribution in [0.4, 0.5) is 0 Å². The molecule has 0 saturated carbocycles. The Hall–Kier alpha value is -6.50. The Morgan fingerprint density at radius 2 is 1.03 bits per heavy atom. The molecule has 0 unspecified atom stereocenters. The van der Waals surface area contributed by atoms with Crippen molar-refractivity contribution in [2.45, 2.75) is 30.7 Å². The fourth-order valence-electron chi connectivity index (χ4n) is 8.14. The maximum Gasteiger partial charge on any atom is 4.00 e. The first-order chi connectivity index (χ1) is 35.4. The smallest absolute Gasteiger partial charge is 2.00 e. The molecule has 5 atom stereocenters. The summed E-state index contributed by atoms with van der Waals surface area (Å²) in [5.41, 5.74) is 7.41. The van der Waals surface area contributed by atoms with E-state index in [9.17, 15) is 20.4 Å². The summed E-state index contributed by atoms with van der Waals surface area (Å²) in [6.07, 6.45) is 0.350. The van der Waals surface area contributed by atoms with Gasteiger partial charge in [-0.25, -0.2) is 9.97 Å². The monoisotopic (exact) mass is 1120 g/mol. The summed E-state index contributed by atoms with van der Waals surface area (Å²) >= 11 is 0. The predicted molar refractivity (Wildman–Crippen MR) is 248 cm³/mol. The van der Waals surface area contributed by atoms with Crippen molar-refractivity contribution in [2.75, 3.05) is 19.8 Å². The van der Waals surface area contributed by atoms with Crippen molar-refractivity contribution in [3.8, 4) is 39.9 Å². The third-order valence-electron chi connectivity index (χ3n) is 11.2. The summed E-state index contributed by atoms with van der Waals surface area (Å²) in [5, 5.41) is 45.9. The summed E-state index contributed by atoms with van der Waals surface area (Å²) in [7, 11) is -9.39. The number of aliphatic hydroxyl groups excluding tert-OH is 4. The van der Waals surface area contributed by atoms with E-state index >= 15 is 0 Å². The van der Waals surface area contributed by atoms with Gasteiger partial charge < -0.3 is 45.1 Å². The van der Waals surface area contributed by atoms with E-state index in [0.29, 0.717) is 28.5 Å². The summed E-state index contributed by atoms with van der Waals surface area (Å²) < 4.78 is 82.1. The average molecular weight is 1120 g/mol. The van der Waals surface area contributed by atoms with Crippen LogP contribution in [0, 0.1) is 20.5 Å². The van der Waals surface area contributed by atoms with Crippen molar-refractivity contribution in [2.24, 2.45) is 0 Å². The molecule has 1 fully saturated rings. The van der Waals surface area contributed by atoms with E-state index in [1.807, 2.05) is 60.9 Å². The Balaban J connectivity index is 0.000000205. The number of imidazole rings is 1. The van der Waals surface area contributed by atoms with Gasteiger partial charge in [0.05, 0.1) is 87.9 Å². The molecule has 7 heterocycles. The number of fused-ring (bicyclic) bond motifs is 8. The first kappa shape index (κ1) is 58.8. The maximum absolute atomic E-state index is 10.1. The van der Waals surface area contributed by atoms with Gasteiger partial charge in [-0.05, 0) is 76.1 Å². The van der Waals surface area contributed by atoms with Crippen molar-refractivity contribution in [3.63, 3.8) is 0 Å². The van der Waals surface area contributed by atoms with Crippen molar-refractivity contribution in [3.05, 3.63) is 152 Å². The minimum Gasteiger partial charge on any atom is -2.00 e.